The van der Waals surface area contributed by atoms with Crippen LogP contribution in [-0.2, 0) is 14.3 Å². The summed E-state index contributed by atoms with van der Waals surface area (Å²) < 4.78 is 10.3. The molecule has 6 nitrogen and oxygen atoms in total. The smallest absolute Gasteiger partial charge is 0.335 e. The molecule has 0 aliphatic rings. The minimum atomic E-state index is -0.525. The number of anilines is 5. The van der Waals surface area contributed by atoms with Gasteiger partial charge in [-0.15, -0.1) is 22.7 Å². The third-order valence-corrected chi connectivity index (χ3v) is 12.9. The Kier molecular flexibility index (Phi) is 16.9. The van der Waals surface area contributed by atoms with Crippen LogP contribution in [0.3, 0.4) is 0 Å². The van der Waals surface area contributed by atoms with E-state index in [1.807, 2.05) is 42.5 Å². The van der Waals surface area contributed by atoms with Gasteiger partial charge < -0.3 is 19.3 Å². The van der Waals surface area contributed by atoms with Crippen LogP contribution in [0, 0.1) is 13.8 Å². The molecule has 0 unspecified atom stereocenters. The molecule has 5 aromatic carbocycles. The lowest BCUT2D eigenvalue weighted by atomic mass is 10.1. The zero-order valence-electron chi connectivity index (χ0n) is 39.2. The number of carbonyl (C=O) groups excluding carboxylic acids is 2. The van der Waals surface area contributed by atoms with Crippen molar-refractivity contribution in [2.24, 2.45) is 0 Å². The predicted octanol–water partition coefficient (Wildman–Crippen LogP) is 17.2. The first kappa shape index (κ1) is 49.3. The van der Waals surface area contributed by atoms with Gasteiger partial charge in [0.2, 0.25) is 0 Å². The van der Waals surface area contributed by atoms with Crippen molar-refractivity contribution in [2.45, 2.75) is 13.8 Å². The quantitative estimate of drug-likeness (QED) is 0.0249. The second-order valence-electron chi connectivity index (χ2n) is 15.9. The summed E-state index contributed by atoms with van der Waals surface area (Å²) >= 11 is 3.42. The fraction of sp³-hybridized carbons (Fsp3) is 0.0323. The lowest BCUT2D eigenvalue weighted by Gasteiger charge is -2.26. The Balaban J connectivity index is 0.955. The van der Waals surface area contributed by atoms with Gasteiger partial charge in [0.15, 0.2) is 0 Å². The highest BCUT2D eigenvalue weighted by molar-refractivity contribution is 7.16. The molecule has 0 bridgehead atoms. The maximum atomic E-state index is 11.7. The van der Waals surface area contributed by atoms with E-state index in [1.54, 1.807) is 47.0 Å². The van der Waals surface area contributed by atoms with E-state index < -0.39 is 11.9 Å². The number of benzene rings is 5. The van der Waals surface area contributed by atoms with Crippen LogP contribution < -0.4 is 14.5 Å². The predicted molar refractivity (Wildman–Crippen MR) is 297 cm³/mol. The lowest BCUT2D eigenvalue weighted by Crippen LogP contribution is -2.15. The molecule has 0 atom stereocenters. The number of ether oxygens (including phenoxy) is 2. The van der Waals surface area contributed by atoms with Crippen molar-refractivity contribution < 1.29 is 19.1 Å². The van der Waals surface area contributed by atoms with E-state index in [4.69, 9.17) is 9.47 Å². The summed E-state index contributed by atoms with van der Waals surface area (Å²) in [6.45, 7) is 23.6. The summed E-state index contributed by atoms with van der Waals surface area (Å²) in [4.78, 5) is 32.1. The molecular weight excluding hydrogens is 901 g/mol. The van der Waals surface area contributed by atoms with Crippen molar-refractivity contribution in [2.75, 3.05) is 9.80 Å². The van der Waals surface area contributed by atoms with Crippen LogP contribution in [0.4, 0.5) is 28.4 Å². The van der Waals surface area contributed by atoms with E-state index in [0.717, 1.165) is 93.6 Å². The van der Waals surface area contributed by atoms with E-state index in [1.165, 1.54) is 11.8 Å². The number of esters is 2. The minimum Gasteiger partial charge on any atom is -0.431 e. The molecule has 7 aromatic rings. The number of hydrogen-bond acceptors (Lipinski definition) is 8. The van der Waals surface area contributed by atoms with Crippen molar-refractivity contribution in [1.29, 1.82) is 0 Å². The van der Waals surface area contributed by atoms with Crippen molar-refractivity contribution in [1.82, 2.24) is 0 Å². The molecule has 0 aliphatic carbocycles. The van der Waals surface area contributed by atoms with Crippen LogP contribution >= 0.6 is 22.7 Å². The Morgan fingerprint density at radius 1 is 0.500 bits per heavy atom. The second kappa shape index (κ2) is 23.9. The first-order valence-corrected chi connectivity index (χ1v) is 24.0. The number of thiophene rings is 2. The van der Waals surface area contributed by atoms with Crippen molar-refractivity contribution in [3.05, 3.63) is 277 Å². The van der Waals surface area contributed by atoms with E-state index >= 15 is 0 Å². The average Bonchev–Trinajstić information content (AvgIpc) is 4.08. The number of aryl methyl sites for hydroxylation is 2. The minimum absolute atomic E-state index is 0.456. The molecule has 0 aliphatic heterocycles. The van der Waals surface area contributed by atoms with Crippen LogP contribution in [0.2, 0.25) is 0 Å². The zero-order chi connectivity index (χ0) is 49.4. The maximum absolute atomic E-state index is 11.7. The van der Waals surface area contributed by atoms with Gasteiger partial charge in [-0.1, -0.05) is 117 Å². The van der Waals surface area contributed by atoms with Crippen LogP contribution in [0.15, 0.2) is 256 Å². The Bertz CT molecular complexity index is 3160. The summed E-state index contributed by atoms with van der Waals surface area (Å²) in [6, 6.07) is 49.6. The highest BCUT2D eigenvalue weighted by atomic mass is 32.1. The van der Waals surface area contributed by atoms with Gasteiger partial charge >= 0.3 is 11.9 Å². The molecule has 7 rings (SSSR count). The number of carbonyl (C=O) groups is 2. The van der Waals surface area contributed by atoms with Crippen molar-refractivity contribution in [3.63, 3.8) is 0 Å². The Hall–Kier alpha value is -8.56. The molecule has 70 heavy (non-hydrogen) atoms. The summed E-state index contributed by atoms with van der Waals surface area (Å²) in [5.41, 5.74) is 11.9. The monoisotopic (exact) mass is 952 g/mol. The summed E-state index contributed by atoms with van der Waals surface area (Å²) in [5.74, 6) is -0.565. The number of nitrogens with zero attached hydrogens (tertiary/aromatic N) is 2. The lowest BCUT2D eigenvalue weighted by molar-refractivity contribution is -0.132. The Morgan fingerprint density at radius 2 is 0.929 bits per heavy atom. The first-order valence-electron chi connectivity index (χ1n) is 22.3. The number of rotatable bonds is 20. The SMILES string of the molecule is C=CC(=O)O/C=C/C=C(\C=C)N(c1ccc(C)cc1)c1ccc(-c2ccc(C=CC(=C)/C=C\C(=C)C=Cc3ccc(-c4ccc(N(c5ccc(C)cc5)c5ccc(OC(=O)C=C)cc5)cc4)s3)s2)cc1. The molecule has 2 aromatic heterocycles. The molecule has 0 amide bonds. The molecule has 0 saturated carbocycles. The number of hydrogen-bond donors (Lipinski definition) is 0. The van der Waals surface area contributed by atoms with E-state index in [9.17, 15) is 9.59 Å². The van der Waals surface area contributed by atoms with Gasteiger partial charge in [0.1, 0.15) is 5.75 Å². The van der Waals surface area contributed by atoms with Gasteiger partial charge in [-0.25, -0.2) is 9.59 Å². The summed E-state index contributed by atoms with van der Waals surface area (Å²) in [5, 5.41) is 0. The van der Waals surface area contributed by atoms with Crippen molar-refractivity contribution in [3.8, 4) is 26.6 Å². The highest BCUT2D eigenvalue weighted by Gasteiger charge is 2.15. The van der Waals surface area contributed by atoms with Gasteiger partial charge in [0.05, 0.1) is 6.26 Å². The maximum Gasteiger partial charge on any atom is 0.335 e. The largest absolute Gasteiger partial charge is 0.431 e. The average molecular weight is 953 g/mol. The van der Waals surface area contributed by atoms with Gasteiger partial charge in [-0.2, -0.15) is 0 Å². The molecular formula is C62H52N2O4S2. The molecule has 0 N–H and O–H groups in total. The fourth-order valence-electron chi connectivity index (χ4n) is 7.08. The standard InChI is InChI=1S/C62H52N2O4S2/c1-8-50(12-11-43-67-61(65)9-2)63(51-25-15-46(6)16-26-51)53-29-21-48(22-30-53)59-41-39-57(69-59)37-19-44(4)13-14-45(5)20-38-58-40-42-60(70-58)49-23-31-54(32-24-49)64(52-27-17-47(7)18-28-52)55-33-35-56(36-34-55)68-62(66)10-3/h8-43H,1-5H2,6-7H3/b14-13-,37-19?,38-20?,43-11+,50-12+. The van der Waals surface area contributed by atoms with E-state index in [-0.39, 0.29) is 0 Å². The Labute approximate surface area is 419 Å². The third-order valence-electron chi connectivity index (χ3n) is 10.7. The third kappa shape index (κ3) is 13.3. The van der Waals surface area contributed by atoms with Crippen LogP contribution in [0.5, 0.6) is 5.75 Å². The molecule has 0 fully saturated rings. The van der Waals surface area contributed by atoms with Gasteiger partial charge in [-0.05, 0) is 164 Å². The highest BCUT2D eigenvalue weighted by Crippen LogP contribution is 2.38. The summed E-state index contributed by atoms with van der Waals surface area (Å²) in [7, 11) is 0. The van der Waals surface area contributed by atoms with Crippen LogP contribution in [0.1, 0.15) is 20.9 Å². The van der Waals surface area contributed by atoms with Gasteiger partial charge in [0, 0.05) is 65.8 Å². The normalized spacial score (nSPS) is 11.5. The molecule has 8 heteroatoms. The number of allylic oxidation sites excluding steroid dienone is 9. The molecule has 2 heterocycles. The molecule has 346 valence electrons. The van der Waals surface area contributed by atoms with Crippen LogP contribution in [0.25, 0.3) is 33.0 Å². The van der Waals surface area contributed by atoms with Crippen LogP contribution in [-0.4, -0.2) is 11.9 Å². The summed E-state index contributed by atoms with van der Waals surface area (Å²) in [6.07, 6.45) is 21.0. The van der Waals surface area contributed by atoms with Gasteiger partial charge in [0.25, 0.3) is 0 Å². The zero-order valence-corrected chi connectivity index (χ0v) is 40.8. The van der Waals surface area contributed by atoms with E-state index in [0.29, 0.717) is 5.75 Å². The second-order valence-corrected chi connectivity index (χ2v) is 18.1. The molecule has 0 saturated heterocycles. The molecule has 0 spiro atoms. The fourth-order valence-corrected chi connectivity index (χ4v) is 8.91. The van der Waals surface area contributed by atoms with E-state index in [2.05, 4.69) is 190 Å². The first-order chi connectivity index (χ1) is 34.0. The Morgan fingerprint density at radius 3 is 1.39 bits per heavy atom. The molecule has 0 radical (unpaired) electrons. The van der Waals surface area contributed by atoms with Gasteiger partial charge in [-0.3, -0.25) is 0 Å². The van der Waals surface area contributed by atoms with Crippen molar-refractivity contribution >= 4 is 75.2 Å². The topological polar surface area (TPSA) is 59.1 Å².